The van der Waals surface area contributed by atoms with Gasteiger partial charge in [-0.05, 0) is 82.2 Å². The summed E-state index contributed by atoms with van der Waals surface area (Å²) in [6, 6.07) is 0.361. The van der Waals surface area contributed by atoms with E-state index in [9.17, 15) is 14.7 Å². The third-order valence-electron chi connectivity index (χ3n) is 10.3. The number of aliphatic hydroxyl groups is 1. The van der Waals surface area contributed by atoms with Crippen molar-refractivity contribution in [3.8, 4) is 0 Å². The van der Waals surface area contributed by atoms with Crippen LogP contribution in [0.2, 0.25) is 0 Å². The second-order valence-electron chi connectivity index (χ2n) is 14.3. The molecular formula is C32H58N6O5. The van der Waals surface area contributed by atoms with Gasteiger partial charge < -0.3 is 35.0 Å². The monoisotopic (exact) mass is 606 g/mol. The van der Waals surface area contributed by atoms with Gasteiger partial charge in [-0.3, -0.25) is 20.2 Å². The standard InChI is InChI=1S/C32H58N6O5/c1-22(2)13-31(40)38-11-7-26(8-12-38)36-30-15-24(5-9-34-30)32(41)35-16-27(39)19-37-10-6-23-14-28(4-3-25(23)18-37)42-20-29-17-33-21-43-29/h22-30,33-34,36,39H,3-21H2,1-2H3,(H,35,41)/t23?,24?,25?,27-,28?,29?,30?/m0/s1. The maximum absolute atomic E-state index is 13.0. The number of β-amino-alcohol motifs (C(OH)–C–C–N with tert-alkyl or cyclic N) is 1. The lowest BCUT2D eigenvalue weighted by Crippen LogP contribution is -2.56. The van der Waals surface area contributed by atoms with Crippen LogP contribution in [0.15, 0.2) is 0 Å². The van der Waals surface area contributed by atoms with Crippen molar-refractivity contribution in [3.05, 3.63) is 0 Å². The number of hydrogen-bond acceptors (Lipinski definition) is 9. The smallest absolute Gasteiger partial charge is 0.223 e. The van der Waals surface area contributed by atoms with Crippen molar-refractivity contribution in [1.82, 2.24) is 31.1 Å². The van der Waals surface area contributed by atoms with E-state index in [0.29, 0.717) is 62.7 Å². The summed E-state index contributed by atoms with van der Waals surface area (Å²) in [6.07, 6.45) is 8.76. The molecule has 7 atom stereocenters. The van der Waals surface area contributed by atoms with Gasteiger partial charge in [0.05, 0.1) is 37.8 Å². The van der Waals surface area contributed by atoms with Crippen LogP contribution in [0.5, 0.6) is 0 Å². The van der Waals surface area contributed by atoms with E-state index in [1.165, 1.54) is 6.42 Å². The fourth-order valence-corrected chi connectivity index (χ4v) is 7.84. The van der Waals surface area contributed by atoms with Gasteiger partial charge in [-0.1, -0.05) is 13.8 Å². The number of aliphatic hydroxyl groups excluding tert-OH is 1. The van der Waals surface area contributed by atoms with Gasteiger partial charge in [0.1, 0.15) is 0 Å². The molecule has 4 heterocycles. The van der Waals surface area contributed by atoms with Crippen LogP contribution in [-0.4, -0.2) is 123 Å². The molecule has 11 heteroatoms. The Hall–Kier alpha value is -1.34. The first-order chi connectivity index (χ1) is 20.8. The second-order valence-corrected chi connectivity index (χ2v) is 14.3. The van der Waals surface area contributed by atoms with Gasteiger partial charge in [0.2, 0.25) is 11.8 Å². The lowest BCUT2D eigenvalue weighted by atomic mass is 9.74. The van der Waals surface area contributed by atoms with Gasteiger partial charge in [0.25, 0.3) is 0 Å². The van der Waals surface area contributed by atoms with Crippen molar-refractivity contribution in [2.75, 3.05) is 65.7 Å². The first-order valence-corrected chi connectivity index (χ1v) is 17.2. The number of nitrogens with zero attached hydrogens (tertiary/aromatic N) is 2. The van der Waals surface area contributed by atoms with E-state index < -0.39 is 6.10 Å². The Balaban J connectivity index is 0.949. The number of carbonyl (C=O) groups is 2. The van der Waals surface area contributed by atoms with Crippen molar-refractivity contribution in [2.24, 2.45) is 23.7 Å². The molecule has 11 nitrogen and oxygen atoms in total. The van der Waals surface area contributed by atoms with Crippen molar-refractivity contribution < 1.29 is 24.2 Å². The van der Waals surface area contributed by atoms with Crippen LogP contribution in [0.4, 0.5) is 0 Å². The highest BCUT2D eigenvalue weighted by Crippen LogP contribution is 2.37. The molecule has 0 spiro atoms. The fraction of sp³-hybridized carbons (Fsp3) is 0.938. The lowest BCUT2D eigenvalue weighted by Gasteiger charge is -2.44. The molecule has 1 aliphatic carbocycles. The molecule has 5 aliphatic rings. The number of amides is 2. The van der Waals surface area contributed by atoms with Gasteiger partial charge in [-0.25, -0.2) is 0 Å². The predicted molar refractivity (Wildman–Crippen MR) is 165 cm³/mol. The summed E-state index contributed by atoms with van der Waals surface area (Å²) in [5, 5.41) is 24.3. The van der Waals surface area contributed by atoms with Crippen molar-refractivity contribution in [1.29, 1.82) is 0 Å². The number of ether oxygens (including phenoxy) is 2. The summed E-state index contributed by atoms with van der Waals surface area (Å²) in [5.41, 5.74) is 0. The maximum Gasteiger partial charge on any atom is 0.223 e. The minimum absolute atomic E-state index is 0.0525. The van der Waals surface area contributed by atoms with E-state index in [4.69, 9.17) is 9.47 Å². The Bertz CT molecular complexity index is 880. The quantitative estimate of drug-likeness (QED) is 0.220. The first-order valence-electron chi connectivity index (χ1n) is 17.2. The third-order valence-corrected chi connectivity index (χ3v) is 10.3. The van der Waals surface area contributed by atoms with Crippen molar-refractivity contribution >= 4 is 11.8 Å². The summed E-state index contributed by atoms with van der Waals surface area (Å²) in [7, 11) is 0. The molecule has 0 aromatic heterocycles. The zero-order valence-corrected chi connectivity index (χ0v) is 26.6. The highest BCUT2D eigenvalue weighted by molar-refractivity contribution is 5.78. The summed E-state index contributed by atoms with van der Waals surface area (Å²) in [6.45, 7) is 11.8. The Kier molecular flexibility index (Phi) is 12.5. The van der Waals surface area contributed by atoms with Crippen LogP contribution in [0.25, 0.3) is 0 Å². The van der Waals surface area contributed by atoms with Gasteiger partial charge in [-0.15, -0.1) is 0 Å². The van der Waals surface area contributed by atoms with Crippen molar-refractivity contribution in [3.63, 3.8) is 0 Å². The van der Waals surface area contributed by atoms with Crippen LogP contribution in [0, 0.1) is 23.7 Å². The number of piperidine rings is 3. The second kappa shape index (κ2) is 16.3. The molecule has 5 N–H and O–H groups in total. The lowest BCUT2D eigenvalue weighted by molar-refractivity contribution is -0.133. The Morgan fingerprint density at radius 2 is 1.88 bits per heavy atom. The van der Waals surface area contributed by atoms with Gasteiger partial charge in [0.15, 0.2) is 0 Å². The van der Waals surface area contributed by atoms with Gasteiger partial charge >= 0.3 is 0 Å². The number of fused-ring (bicyclic) bond motifs is 1. The third kappa shape index (κ3) is 10.1. The minimum atomic E-state index is -0.556. The molecule has 43 heavy (non-hydrogen) atoms. The van der Waals surface area contributed by atoms with Crippen LogP contribution >= 0.6 is 0 Å². The molecule has 0 aromatic carbocycles. The van der Waals surface area contributed by atoms with Gasteiger partial charge in [-0.2, -0.15) is 0 Å². The molecule has 246 valence electrons. The normalized spacial score (nSPS) is 33.3. The van der Waals surface area contributed by atoms with Gasteiger partial charge in [0, 0.05) is 57.6 Å². The van der Waals surface area contributed by atoms with Crippen LogP contribution < -0.4 is 21.3 Å². The van der Waals surface area contributed by atoms with E-state index in [1.807, 2.05) is 4.90 Å². The number of likely N-dealkylation sites (tertiary alicyclic amines) is 2. The number of hydrogen-bond donors (Lipinski definition) is 5. The zero-order chi connectivity index (χ0) is 30.2. The maximum atomic E-state index is 13.0. The van der Waals surface area contributed by atoms with Crippen molar-refractivity contribution in [2.45, 2.75) is 102 Å². The molecule has 0 radical (unpaired) electrons. The molecule has 1 saturated carbocycles. The topological polar surface area (TPSA) is 127 Å². The molecule has 6 unspecified atom stereocenters. The first kappa shape index (κ1) is 33.0. The van der Waals surface area contributed by atoms with E-state index in [1.54, 1.807) is 0 Å². The average Bonchev–Trinajstić information content (AvgIpc) is 3.53. The molecule has 4 aliphatic heterocycles. The van der Waals surface area contributed by atoms with E-state index in [-0.39, 0.29) is 30.0 Å². The largest absolute Gasteiger partial charge is 0.390 e. The fourth-order valence-electron chi connectivity index (χ4n) is 7.84. The zero-order valence-electron chi connectivity index (χ0n) is 26.6. The molecule has 4 saturated heterocycles. The summed E-state index contributed by atoms with van der Waals surface area (Å²) in [5.74, 6) is 2.04. The SMILES string of the molecule is CC(C)CC(=O)N1CCC(NC2CC(C(=O)NC[C@H](O)CN3CCC4CC(OCC5CNCO5)CCC4C3)CCN2)CC1. The highest BCUT2D eigenvalue weighted by atomic mass is 16.5. The Morgan fingerprint density at radius 1 is 1.05 bits per heavy atom. The summed E-state index contributed by atoms with van der Waals surface area (Å²) < 4.78 is 11.8. The van der Waals surface area contributed by atoms with Crippen LogP contribution in [0.3, 0.4) is 0 Å². The van der Waals surface area contributed by atoms with Crippen LogP contribution in [0.1, 0.15) is 71.6 Å². The van der Waals surface area contributed by atoms with Crippen LogP contribution in [-0.2, 0) is 19.1 Å². The minimum Gasteiger partial charge on any atom is -0.390 e. The number of nitrogens with one attached hydrogen (secondary N) is 4. The summed E-state index contributed by atoms with van der Waals surface area (Å²) in [4.78, 5) is 29.8. The molecule has 2 amide bonds. The van der Waals surface area contributed by atoms with E-state index in [2.05, 4.69) is 40.0 Å². The summed E-state index contributed by atoms with van der Waals surface area (Å²) >= 11 is 0. The molecule has 5 fully saturated rings. The highest BCUT2D eigenvalue weighted by Gasteiger charge is 2.36. The Morgan fingerprint density at radius 3 is 2.65 bits per heavy atom. The molecule has 0 bridgehead atoms. The number of carbonyl (C=O) groups excluding carboxylic acids is 2. The van der Waals surface area contributed by atoms with E-state index in [0.717, 1.165) is 84.2 Å². The average molecular weight is 607 g/mol. The molecule has 5 rings (SSSR count). The predicted octanol–water partition coefficient (Wildman–Crippen LogP) is 0.869. The molecule has 0 aromatic rings. The number of rotatable bonds is 12. The molecular weight excluding hydrogens is 548 g/mol. The van der Waals surface area contributed by atoms with E-state index >= 15 is 0 Å². The Labute approximate surface area is 258 Å².